The van der Waals surface area contributed by atoms with Crippen LogP contribution in [0.3, 0.4) is 0 Å². The molecule has 30 heavy (non-hydrogen) atoms. The average molecular weight is 445 g/mol. The highest BCUT2D eigenvalue weighted by atomic mass is 35.5. The molecule has 158 valence electrons. The highest BCUT2D eigenvalue weighted by molar-refractivity contribution is 7.99. The van der Waals surface area contributed by atoms with E-state index in [0.717, 1.165) is 11.6 Å². The first-order chi connectivity index (χ1) is 14.5. The number of nitrogens with one attached hydrogen (secondary N) is 1. The van der Waals surface area contributed by atoms with Crippen LogP contribution < -0.4 is 10.1 Å². The number of thioether (sulfide) groups is 1. The summed E-state index contributed by atoms with van der Waals surface area (Å²) in [5.41, 5.74) is 1.98. The van der Waals surface area contributed by atoms with Crippen molar-refractivity contribution in [1.29, 1.82) is 0 Å². The summed E-state index contributed by atoms with van der Waals surface area (Å²) in [5, 5.41) is 12.6. The molecule has 3 aromatic rings. The first-order valence-corrected chi connectivity index (χ1v) is 11.2. The minimum Gasteiger partial charge on any atom is -0.486 e. The Hall–Kier alpha value is -2.51. The van der Waals surface area contributed by atoms with Crippen LogP contribution in [0.5, 0.6) is 5.75 Å². The van der Waals surface area contributed by atoms with Gasteiger partial charge in [0.25, 0.3) is 0 Å². The molecule has 0 aliphatic rings. The topological polar surface area (TPSA) is 69.0 Å². The number of nitrogens with zero attached hydrogens (tertiary/aromatic N) is 3. The molecule has 0 saturated heterocycles. The summed E-state index contributed by atoms with van der Waals surface area (Å²) < 4.78 is 7.84. The van der Waals surface area contributed by atoms with Crippen molar-refractivity contribution < 1.29 is 9.53 Å². The largest absolute Gasteiger partial charge is 0.486 e. The lowest BCUT2D eigenvalue weighted by Crippen LogP contribution is -2.14. The minimum absolute atomic E-state index is 0.115. The van der Waals surface area contributed by atoms with Crippen LogP contribution >= 0.6 is 23.4 Å². The Bertz CT molecular complexity index is 972. The molecule has 6 nitrogen and oxygen atoms in total. The number of ether oxygens (including phenoxy) is 1. The maximum absolute atomic E-state index is 12.2. The van der Waals surface area contributed by atoms with Gasteiger partial charge in [0.2, 0.25) is 5.91 Å². The molecule has 0 atom stereocenters. The van der Waals surface area contributed by atoms with Gasteiger partial charge in [-0.3, -0.25) is 4.79 Å². The molecule has 0 unspecified atom stereocenters. The highest BCUT2D eigenvalue weighted by Gasteiger charge is 2.14. The number of carbonyl (C=O) groups is 1. The summed E-state index contributed by atoms with van der Waals surface area (Å²) in [6.07, 6.45) is 0. The SMILES string of the molecule is CCn1c(COc2ccc(C(C)C)cc2)nnc1SCC(=O)Nc1ccc(Cl)cc1. The summed E-state index contributed by atoms with van der Waals surface area (Å²) in [4.78, 5) is 12.2. The average Bonchev–Trinajstić information content (AvgIpc) is 3.14. The summed E-state index contributed by atoms with van der Waals surface area (Å²) in [6.45, 7) is 7.35. The van der Waals surface area contributed by atoms with E-state index in [1.165, 1.54) is 17.3 Å². The normalized spacial score (nSPS) is 11.0. The Balaban J connectivity index is 1.55. The second-order valence-corrected chi connectivity index (χ2v) is 8.38. The molecular weight excluding hydrogens is 420 g/mol. The van der Waals surface area contributed by atoms with E-state index in [2.05, 4.69) is 41.5 Å². The van der Waals surface area contributed by atoms with E-state index in [4.69, 9.17) is 16.3 Å². The van der Waals surface area contributed by atoms with E-state index in [1.54, 1.807) is 24.3 Å². The monoisotopic (exact) mass is 444 g/mol. The molecule has 8 heteroatoms. The van der Waals surface area contributed by atoms with Gasteiger partial charge in [0.15, 0.2) is 11.0 Å². The molecule has 1 aromatic heterocycles. The molecule has 0 saturated carbocycles. The number of benzene rings is 2. The van der Waals surface area contributed by atoms with E-state index >= 15 is 0 Å². The van der Waals surface area contributed by atoms with Crippen molar-refractivity contribution in [3.63, 3.8) is 0 Å². The van der Waals surface area contributed by atoms with Gasteiger partial charge in [-0.1, -0.05) is 49.3 Å². The second-order valence-electron chi connectivity index (χ2n) is 7.00. The van der Waals surface area contributed by atoms with Gasteiger partial charge in [-0.2, -0.15) is 0 Å². The summed E-state index contributed by atoms with van der Waals surface area (Å²) in [7, 11) is 0. The fourth-order valence-corrected chi connectivity index (χ4v) is 3.75. The number of amides is 1. The van der Waals surface area contributed by atoms with E-state index in [9.17, 15) is 4.79 Å². The highest BCUT2D eigenvalue weighted by Crippen LogP contribution is 2.21. The molecule has 0 spiro atoms. The Morgan fingerprint density at radius 2 is 1.83 bits per heavy atom. The van der Waals surface area contributed by atoms with Gasteiger partial charge in [0.1, 0.15) is 12.4 Å². The maximum Gasteiger partial charge on any atom is 0.234 e. The predicted octanol–water partition coefficient (Wildman–Crippen LogP) is 5.38. The van der Waals surface area contributed by atoms with Crippen LogP contribution in [-0.2, 0) is 17.9 Å². The van der Waals surface area contributed by atoms with Gasteiger partial charge in [-0.15, -0.1) is 10.2 Å². The fraction of sp³-hybridized carbons (Fsp3) is 0.318. The van der Waals surface area contributed by atoms with Crippen molar-refractivity contribution in [2.75, 3.05) is 11.1 Å². The van der Waals surface area contributed by atoms with E-state index < -0.39 is 0 Å². The predicted molar refractivity (Wildman–Crippen MR) is 121 cm³/mol. The molecule has 0 bridgehead atoms. The Kier molecular flexibility index (Phi) is 7.76. The Morgan fingerprint density at radius 3 is 2.47 bits per heavy atom. The van der Waals surface area contributed by atoms with Crippen LogP contribution in [0.4, 0.5) is 5.69 Å². The maximum atomic E-state index is 12.2. The van der Waals surface area contributed by atoms with Gasteiger partial charge < -0.3 is 14.6 Å². The first kappa shape index (κ1) is 22.2. The van der Waals surface area contributed by atoms with E-state index in [-0.39, 0.29) is 11.7 Å². The van der Waals surface area contributed by atoms with Gasteiger partial charge in [-0.25, -0.2) is 0 Å². The van der Waals surface area contributed by atoms with E-state index in [0.29, 0.717) is 34.9 Å². The van der Waals surface area contributed by atoms with Crippen LogP contribution in [0.1, 0.15) is 38.1 Å². The van der Waals surface area contributed by atoms with Crippen LogP contribution in [-0.4, -0.2) is 26.4 Å². The number of halogens is 1. The van der Waals surface area contributed by atoms with Gasteiger partial charge in [0.05, 0.1) is 5.75 Å². The van der Waals surface area contributed by atoms with Crippen molar-refractivity contribution in [2.45, 2.75) is 45.0 Å². The standard InChI is InChI=1S/C22H25ClN4O2S/c1-4-27-20(13-29-19-11-5-16(6-12-19)15(2)3)25-26-22(27)30-14-21(28)24-18-9-7-17(23)8-10-18/h5-12,15H,4,13-14H2,1-3H3,(H,24,28). The third-order valence-electron chi connectivity index (χ3n) is 4.48. The molecule has 0 aliphatic carbocycles. The lowest BCUT2D eigenvalue weighted by molar-refractivity contribution is -0.113. The Labute approximate surface area is 186 Å². The molecule has 1 heterocycles. The van der Waals surface area contributed by atoms with Gasteiger partial charge in [-0.05, 0) is 54.8 Å². The van der Waals surface area contributed by atoms with E-state index in [1.807, 2.05) is 23.6 Å². The van der Waals surface area contributed by atoms with Crippen molar-refractivity contribution in [2.24, 2.45) is 0 Å². The van der Waals surface area contributed by atoms with Crippen molar-refractivity contribution in [3.05, 3.63) is 64.9 Å². The summed E-state index contributed by atoms with van der Waals surface area (Å²) in [5.74, 6) is 2.13. The van der Waals surface area contributed by atoms with Crippen molar-refractivity contribution >= 4 is 35.0 Å². The molecule has 0 radical (unpaired) electrons. The van der Waals surface area contributed by atoms with Crippen molar-refractivity contribution in [1.82, 2.24) is 14.8 Å². The molecule has 1 N–H and O–H groups in total. The minimum atomic E-state index is -0.115. The number of hydrogen-bond acceptors (Lipinski definition) is 5. The first-order valence-electron chi connectivity index (χ1n) is 9.79. The second kappa shape index (κ2) is 10.5. The Morgan fingerprint density at radius 1 is 1.13 bits per heavy atom. The number of hydrogen-bond donors (Lipinski definition) is 1. The summed E-state index contributed by atoms with van der Waals surface area (Å²) in [6, 6.07) is 15.1. The number of aromatic nitrogens is 3. The smallest absolute Gasteiger partial charge is 0.234 e. The van der Waals surface area contributed by atoms with Crippen LogP contribution in [0.2, 0.25) is 5.02 Å². The van der Waals surface area contributed by atoms with Crippen molar-refractivity contribution in [3.8, 4) is 5.75 Å². The number of anilines is 1. The lowest BCUT2D eigenvalue weighted by Gasteiger charge is -2.10. The zero-order valence-corrected chi connectivity index (χ0v) is 18.8. The zero-order valence-electron chi connectivity index (χ0n) is 17.3. The molecule has 0 fully saturated rings. The van der Waals surface area contributed by atoms with Crippen LogP contribution in [0, 0.1) is 0 Å². The third kappa shape index (κ3) is 6.00. The molecule has 1 amide bonds. The lowest BCUT2D eigenvalue weighted by atomic mass is 10.0. The van der Waals surface area contributed by atoms with Crippen LogP contribution in [0.25, 0.3) is 0 Å². The molecule has 3 rings (SSSR count). The molecule has 0 aliphatic heterocycles. The number of carbonyl (C=O) groups excluding carboxylic acids is 1. The van der Waals surface area contributed by atoms with Gasteiger partial charge >= 0.3 is 0 Å². The number of rotatable bonds is 9. The quantitative estimate of drug-likeness (QED) is 0.448. The summed E-state index contributed by atoms with van der Waals surface area (Å²) >= 11 is 7.21. The third-order valence-corrected chi connectivity index (χ3v) is 5.70. The molecular formula is C22H25ClN4O2S. The zero-order chi connectivity index (χ0) is 21.5. The molecule has 2 aromatic carbocycles. The van der Waals surface area contributed by atoms with Gasteiger partial charge in [0, 0.05) is 17.3 Å². The van der Waals surface area contributed by atoms with Crippen LogP contribution in [0.15, 0.2) is 53.7 Å². The fourth-order valence-electron chi connectivity index (χ4n) is 2.81.